The van der Waals surface area contributed by atoms with Crippen molar-refractivity contribution in [2.75, 3.05) is 43.3 Å². The van der Waals surface area contributed by atoms with E-state index in [0.717, 1.165) is 16.1 Å². The fraction of sp³-hybridized carbons (Fsp3) is 0.350. The lowest BCUT2D eigenvalue weighted by Gasteiger charge is -2.35. The van der Waals surface area contributed by atoms with E-state index in [4.69, 9.17) is 0 Å². The Morgan fingerprint density at radius 2 is 1.61 bits per heavy atom. The quantitative estimate of drug-likeness (QED) is 0.570. The highest BCUT2D eigenvalue weighted by Gasteiger charge is 2.31. The van der Waals surface area contributed by atoms with Crippen LogP contribution in [0.4, 0.5) is 5.69 Å². The third-order valence-electron chi connectivity index (χ3n) is 5.03. The van der Waals surface area contributed by atoms with Gasteiger partial charge in [-0.15, -0.1) is 0 Å². The SMILES string of the molecule is Cc1ccc(S(=O)(=O)N2CCN(C(=O)CN(c3cccc(Br)c3)S(C)(=O)=O)CC2)cc1. The van der Waals surface area contributed by atoms with Crippen molar-refractivity contribution >= 4 is 47.6 Å². The lowest BCUT2D eigenvalue weighted by molar-refractivity contribution is -0.130. The van der Waals surface area contributed by atoms with Gasteiger partial charge in [0, 0.05) is 30.7 Å². The average Bonchev–Trinajstić information content (AvgIpc) is 2.71. The molecule has 0 spiro atoms. The summed E-state index contributed by atoms with van der Waals surface area (Å²) in [5.41, 5.74) is 1.35. The number of sulfonamides is 2. The Morgan fingerprint density at radius 3 is 2.16 bits per heavy atom. The first-order valence-corrected chi connectivity index (χ1v) is 13.6. The van der Waals surface area contributed by atoms with E-state index in [-0.39, 0.29) is 43.5 Å². The minimum atomic E-state index is -3.68. The standard InChI is InChI=1S/C20H24BrN3O5S2/c1-16-6-8-19(9-7-16)31(28,29)23-12-10-22(11-13-23)20(25)15-24(30(2,26)27)18-5-3-4-17(21)14-18/h3-9,14H,10-13,15H2,1-2H3. The van der Waals surface area contributed by atoms with E-state index in [0.29, 0.717) is 10.2 Å². The van der Waals surface area contributed by atoms with E-state index >= 15 is 0 Å². The van der Waals surface area contributed by atoms with Gasteiger partial charge in [-0.05, 0) is 37.3 Å². The molecule has 1 saturated heterocycles. The van der Waals surface area contributed by atoms with Crippen molar-refractivity contribution in [1.29, 1.82) is 0 Å². The first-order valence-electron chi connectivity index (χ1n) is 9.56. The minimum Gasteiger partial charge on any atom is -0.338 e. The van der Waals surface area contributed by atoms with Crippen LogP contribution >= 0.6 is 15.9 Å². The Morgan fingerprint density at radius 1 is 1.00 bits per heavy atom. The number of carbonyl (C=O) groups is 1. The number of rotatable bonds is 6. The molecular formula is C20H24BrN3O5S2. The van der Waals surface area contributed by atoms with Crippen LogP contribution in [0.3, 0.4) is 0 Å². The fourth-order valence-electron chi connectivity index (χ4n) is 3.29. The molecule has 1 heterocycles. The van der Waals surface area contributed by atoms with Crippen LogP contribution in [-0.2, 0) is 24.8 Å². The predicted octanol–water partition coefficient (Wildman–Crippen LogP) is 2.06. The zero-order chi connectivity index (χ0) is 22.8. The van der Waals surface area contributed by atoms with Gasteiger partial charge < -0.3 is 4.90 Å². The second-order valence-corrected chi connectivity index (χ2v) is 12.1. The lowest BCUT2D eigenvalue weighted by Crippen LogP contribution is -2.53. The van der Waals surface area contributed by atoms with Gasteiger partial charge in [0.05, 0.1) is 16.8 Å². The molecule has 0 unspecified atom stereocenters. The number of hydrogen-bond donors (Lipinski definition) is 0. The molecule has 0 atom stereocenters. The number of halogens is 1. The maximum atomic E-state index is 12.8. The summed E-state index contributed by atoms with van der Waals surface area (Å²) in [7, 11) is -7.32. The van der Waals surface area contributed by atoms with Crippen molar-refractivity contribution in [3.8, 4) is 0 Å². The van der Waals surface area contributed by atoms with Crippen LogP contribution < -0.4 is 4.31 Å². The van der Waals surface area contributed by atoms with Gasteiger partial charge in [0.1, 0.15) is 6.54 Å². The molecule has 1 amide bonds. The minimum absolute atomic E-state index is 0.151. The lowest BCUT2D eigenvalue weighted by atomic mass is 10.2. The van der Waals surface area contributed by atoms with Crippen LogP contribution in [0.2, 0.25) is 0 Å². The molecule has 1 aliphatic heterocycles. The van der Waals surface area contributed by atoms with Gasteiger partial charge in [-0.1, -0.05) is 39.7 Å². The Balaban J connectivity index is 1.68. The monoisotopic (exact) mass is 529 g/mol. The van der Waals surface area contributed by atoms with E-state index in [1.807, 2.05) is 6.92 Å². The van der Waals surface area contributed by atoms with Crippen molar-refractivity contribution in [3.63, 3.8) is 0 Å². The van der Waals surface area contributed by atoms with Crippen molar-refractivity contribution in [2.24, 2.45) is 0 Å². The van der Waals surface area contributed by atoms with Gasteiger partial charge in [0.2, 0.25) is 26.0 Å². The molecular weight excluding hydrogens is 506 g/mol. The third-order valence-corrected chi connectivity index (χ3v) is 8.57. The smallest absolute Gasteiger partial charge is 0.243 e. The number of amides is 1. The van der Waals surface area contributed by atoms with Crippen LogP contribution in [0.25, 0.3) is 0 Å². The Hall–Kier alpha value is -1.95. The summed E-state index contributed by atoms with van der Waals surface area (Å²) in [6.45, 7) is 2.23. The summed E-state index contributed by atoms with van der Waals surface area (Å²) in [6.07, 6.45) is 1.05. The molecule has 1 aliphatic rings. The fourth-order valence-corrected chi connectivity index (χ4v) is 5.94. The van der Waals surface area contributed by atoms with Gasteiger partial charge in [-0.3, -0.25) is 9.10 Å². The molecule has 0 N–H and O–H groups in total. The second kappa shape index (κ2) is 9.27. The zero-order valence-corrected chi connectivity index (χ0v) is 20.5. The van der Waals surface area contributed by atoms with E-state index in [2.05, 4.69) is 15.9 Å². The van der Waals surface area contributed by atoms with Crippen LogP contribution in [0, 0.1) is 6.92 Å². The number of benzene rings is 2. The highest BCUT2D eigenvalue weighted by atomic mass is 79.9. The van der Waals surface area contributed by atoms with Gasteiger partial charge in [0.15, 0.2) is 0 Å². The summed E-state index contributed by atoms with van der Waals surface area (Å²) in [5, 5.41) is 0. The normalized spacial score (nSPS) is 15.6. The topological polar surface area (TPSA) is 95.1 Å². The summed E-state index contributed by atoms with van der Waals surface area (Å²) < 4.78 is 53.3. The summed E-state index contributed by atoms with van der Waals surface area (Å²) >= 11 is 3.31. The Labute approximate surface area is 191 Å². The van der Waals surface area contributed by atoms with Crippen molar-refractivity contribution < 1.29 is 21.6 Å². The molecule has 0 aliphatic carbocycles. The Bertz CT molecular complexity index is 1160. The molecule has 31 heavy (non-hydrogen) atoms. The summed E-state index contributed by atoms with van der Waals surface area (Å²) in [6, 6.07) is 13.3. The molecule has 1 fully saturated rings. The highest BCUT2D eigenvalue weighted by molar-refractivity contribution is 9.10. The molecule has 2 aromatic rings. The largest absolute Gasteiger partial charge is 0.338 e. The van der Waals surface area contributed by atoms with Crippen molar-refractivity contribution in [3.05, 3.63) is 58.6 Å². The second-order valence-electron chi connectivity index (χ2n) is 7.35. The molecule has 3 rings (SSSR count). The molecule has 2 aromatic carbocycles. The van der Waals surface area contributed by atoms with E-state index < -0.39 is 20.0 Å². The zero-order valence-electron chi connectivity index (χ0n) is 17.2. The number of aryl methyl sites for hydroxylation is 1. The van der Waals surface area contributed by atoms with Crippen LogP contribution in [0.1, 0.15) is 5.56 Å². The average molecular weight is 530 g/mol. The molecule has 11 heteroatoms. The van der Waals surface area contributed by atoms with Gasteiger partial charge in [-0.25, -0.2) is 16.8 Å². The number of nitrogens with zero attached hydrogens (tertiary/aromatic N) is 3. The molecule has 0 saturated carbocycles. The van der Waals surface area contributed by atoms with Gasteiger partial charge in [-0.2, -0.15) is 4.31 Å². The predicted molar refractivity (Wildman–Crippen MR) is 123 cm³/mol. The molecule has 0 aromatic heterocycles. The first-order chi connectivity index (χ1) is 14.5. The van der Waals surface area contributed by atoms with Crippen LogP contribution in [0.5, 0.6) is 0 Å². The van der Waals surface area contributed by atoms with E-state index in [1.165, 1.54) is 9.21 Å². The van der Waals surface area contributed by atoms with Gasteiger partial charge >= 0.3 is 0 Å². The van der Waals surface area contributed by atoms with E-state index in [1.54, 1.807) is 48.5 Å². The van der Waals surface area contributed by atoms with Gasteiger partial charge in [0.25, 0.3) is 0 Å². The molecule has 0 radical (unpaired) electrons. The number of anilines is 1. The first kappa shape index (κ1) is 23.7. The number of piperazine rings is 1. The molecule has 0 bridgehead atoms. The molecule has 168 valence electrons. The van der Waals surface area contributed by atoms with Crippen molar-refractivity contribution in [1.82, 2.24) is 9.21 Å². The maximum absolute atomic E-state index is 12.8. The Kier molecular flexibility index (Phi) is 7.09. The number of hydrogen-bond acceptors (Lipinski definition) is 5. The maximum Gasteiger partial charge on any atom is 0.243 e. The van der Waals surface area contributed by atoms with E-state index in [9.17, 15) is 21.6 Å². The van der Waals surface area contributed by atoms with Crippen LogP contribution in [0.15, 0.2) is 57.9 Å². The third kappa shape index (κ3) is 5.65. The molecule has 8 nitrogen and oxygen atoms in total. The summed E-state index contributed by atoms with van der Waals surface area (Å²) in [4.78, 5) is 14.5. The highest BCUT2D eigenvalue weighted by Crippen LogP contribution is 2.23. The van der Waals surface area contributed by atoms with Crippen molar-refractivity contribution in [2.45, 2.75) is 11.8 Å². The number of carbonyl (C=O) groups excluding carboxylic acids is 1. The summed E-state index contributed by atoms with van der Waals surface area (Å²) in [5.74, 6) is -0.377. The van der Waals surface area contributed by atoms with Crippen LogP contribution in [-0.4, -0.2) is 70.9 Å².